The topological polar surface area (TPSA) is 142 Å². The first kappa shape index (κ1) is 25.4. The van der Waals surface area contributed by atoms with Crippen LogP contribution in [-0.2, 0) is 14.6 Å². The van der Waals surface area contributed by atoms with Crippen molar-refractivity contribution in [2.75, 3.05) is 19.3 Å². The number of oxazole rings is 1. The molecule has 1 aliphatic rings. The van der Waals surface area contributed by atoms with E-state index in [1.165, 1.54) is 30.3 Å². The second-order valence-corrected chi connectivity index (χ2v) is 11.7. The lowest BCUT2D eigenvalue weighted by molar-refractivity contribution is -0.386. The number of nitro benzene ring substituents is 1. The van der Waals surface area contributed by atoms with Crippen LogP contribution in [0.1, 0.15) is 33.6 Å². The van der Waals surface area contributed by atoms with Gasteiger partial charge in [-0.25, -0.2) is 18.2 Å². The molecule has 2 aromatic carbocycles. The van der Waals surface area contributed by atoms with Crippen molar-refractivity contribution in [2.24, 2.45) is 0 Å². The van der Waals surface area contributed by atoms with E-state index in [0.29, 0.717) is 42.6 Å². The van der Waals surface area contributed by atoms with Crippen LogP contribution >= 0.6 is 0 Å². The maximum atomic E-state index is 12.3. The first-order valence-corrected chi connectivity index (χ1v) is 13.2. The minimum Gasteiger partial charge on any atom is -0.483 e. The molecule has 0 N–H and O–H groups in total. The number of benzene rings is 2. The zero-order valence-electron chi connectivity index (χ0n) is 20.4. The number of sulfone groups is 1. The van der Waals surface area contributed by atoms with E-state index < -0.39 is 26.5 Å². The van der Waals surface area contributed by atoms with Crippen molar-refractivity contribution in [2.45, 2.75) is 50.2 Å². The fraction of sp³-hybridized carbons (Fsp3) is 0.417. The van der Waals surface area contributed by atoms with Crippen molar-refractivity contribution in [3.05, 3.63) is 46.5 Å². The number of nitro groups is 1. The normalized spacial score (nSPS) is 15.2. The summed E-state index contributed by atoms with van der Waals surface area (Å²) in [6, 6.07) is 8.71. The highest BCUT2D eigenvalue weighted by Gasteiger charge is 2.29. The van der Waals surface area contributed by atoms with E-state index in [2.05, 4.69) is 4.98 Å². The largest absolute Gasteiger partial charge is 0.483 e. The molecule has 36 heavy (non-hydrogen) atoms. The SMILES string of the molecule is CC(C)(C)OC(=O)N1CCC(Oc2ccc(-c3nc4cc(S(C)(=O)=O)ccc4o3)cc2[N+](=O)[O-])CC1. The van der Waals surface area contributed by atoms with Crippen LogP contribution in [0.15, 0.2) is 45.7 Å². The maximum Gasteiger partial charge on any atom is 0.410 e. The Balaban J connectivity index is 1.50. The predicted octanol–water partition coefficient (Wildman–Crippen LogP) is 4.58. The summed E-state index contributed by atoms with van der Waals surface area (Å²) in [6.07, 6.45) is 1.42. The molecule has 2 heterocycles. The summed E-state index contributed by atoms with van der Waals surface area (Å²) in [6.45, 7) is 6.25. The van der Waals surface area contributed by atoms with Gasteiger partial charge >= 0.3 is 11.8 Å². The number of piperidine rings is 1. The molecule has 4 rings (SSSR count). The summed E-state index contributed by atoms with van der Waals surface area (Å²) < 4.78 is 40.6. The molecule has 1 saturated heterocycles. The monoisotopic (exact) mass is 517 g/mol. The van der Waals surface area contributed by atoms with Gasteiger partial charge in [-0.05, 0) is 51.1 Å². The van der Waals surface area contributed by atoms with Crippen LogP contribution in [0.25, 0.3) is 22.6 Å². The molecule has 0 bridgehead atoms. The van der Waals surface area contributed by atoms with Crippen molar-refractivity contribution in [1.29, 1.82) is 0 Å². The minimum atomic E-state index is -3.42. The number of fused-ring (bicyclic) bond motifs is 1. The standard InChI is InChI=1S/C24H27N3O8S/c1-24(2,3)35-23(28)26-11-9-16(10-12-26)33-21-7-5-15(13-19(21)27(29)30)22-25-18-14-17(36(4,31)32)6-8-20(18)34-22/h5-8,13-14,16H,9-12H2,1-4H3. The highest BCUT2D eigenvalue weighted by atomic mass is 32.2. The third-order valence-corrected chi connectivity index (χ3v) is 6.69. The Labute approximate surface area is 208 Å². The van der Waals surface area contributed by atoms with Gasteiger partial charge < -0.3 is 18.8 Å². The Morgan fingerprint density at radius 3 is 2.47 bits per heavy atom. The number of nitrogens with zero attached hydrogens (tertiary/aromatic N) is 3. The summed E-state index contributed by atoms with van der Waals surface area (Å²) in [7, 11) is -3.42. The zero-order valence-corrected chi connectivity index (χ0v) is 21.2. The summed E-state index contributed by atoms with van der Waals surface area (Å²) in [4.78, 5) is 29.5. The van der Waals surface area contributed by atoms with Crippen LogP contribution in [-0.4, -0.2) is 60.4 Å². The van der Waals surface area contributed by atoms with Gasteiger partial charge in [-0.15, -0.1) is 0 Å². The van der Waals surface area contributed by atoms with Gasteiger partial charge in [-0.1, -0.05) is 0 Å². The van der Waals surface area contributed by atoms with E-state index in [9.17, 15) is 23.3 Å². The lowest BCUT2D eigenvalue weighted by atomic mass is 10.1. The molecule has 1 fully saturated rings. The Morgan fingerprint density at radius 1 is 1.17 bits per heavy atom. The van der Waals surface area contributed by atoms with E-state index in [0.717, 1.165) is 6.26 Å². The molecule has 1 aromatic heterocycles. The van der Waals surface area contributed by atoms with Gasteiger partial charge in [-0.2, -0.15) is 0 Å². The molecule has 0 saturated carbocycles. The molecule has 0 radical (unpaired) electrons. The molecule has 11 nitrogen and oxygen atoms in total. The second kappa shape index (κ2) is 9.41. The van der Waals surface area contributed by atoms with Crippen molar-refractivity contribution in [1.82, 2.24) is 9.88 Å². The van der Waals surface area contributed by atoms with Crippen LogP contribution in [0.4, 0.5) is 10.5 Å². The van der Waals surface area contributed by atoms with E-state index >= 15 is 0 Å². The Kier molecular flexibility index (Phi) is 6.65. The number of hydrogen-bond donors (Lipinski definition) is 0. The van der Waals surface area contributed by atoms with Gasteiger partial charge in [0, 0.05) is 43.8 Å². The maximum absolute atomic E-state index is 12.3. The Bertz CT molecular complexity index is 1420. The van der Waals surface area contributed by atoms with Crippen LogP contribution in [0, 0.1) is 10.1 Å². The molecule has 0 aliphatic carbocycles. The van der Waals surface area contributed by atoms with E-state index in [-0.39, 0.29) is 28.3 Å². The highest BCUT2D eigenvalue weighted by Crippen LogP contribution is 2.35. The van der Waals surface area contributed by atoms with Crippen LogP contribution < -0.4 is 4.74 Å². The molecular formula is C24H27N3O8S. The molecule has 192 valence electrons. The number of ether oxygens (including phenoxy) is 2. The quantitative estimate of drug-likeness (QED) is 0.351. The van der Waals surface area contributed by atoms with Gasteiger partial charge in [-0.3, -0.25) is 10.1 Å². The fourth-order valence-corrected chi connectivity index (χ4v) is 4.46. The average Bonchev–Trinajstić information content (AvgIpc) is 3.21. The van der Waals surface area contributed by atoms with Crippen molar-refractivity contribution in [3.63, 3.8) is 0 Å². The van der Waals surface area contributed by atoms with Gasteiger partial charge in [0.2, 0.25) is 5.89 Å². The molecule has 0 atom stereocenters. The van der Waals surface area contributed by atoms with E-state index in [1.807, 2.05) is 0 Å². The number of hydrogen-bond acceptors (Lipinski definition) is 9. The zero-order chi connectivity index (χ0) is 26.3. The third-order valence-electron chi connectivity index (χ3n) is 5.58. The molecule has 0 spiro atoms. The summed E-state index contributed by atoms with van der Waals surface area (Å²) in [5, 5.41) is 11.8. The lowest BCUT2D eigenvalue weighted by Crippen LogP contribution is -2.44. The van der Waals surface area contributed by atoms with Crippen LogP contribution in [0.2, 0.25) is 0 Å². The average molecular weight is 518 g/mol. The number of carbonyl (C=O) groups is 1. The van der Waals surface area contributed by atoms with Gasteiger partial charge in [0.1, 0.15) is 17.2 Å². The molecule has 1 amide bonds. The molecule has 3 aromatic rings. The first-order valence-electron chi connectivity index (χ1n) is 11.3. The first-order chi connectivity index (χ1) is 16.8. The van der Waals surface area contributed by atoms with Gasteiger partial charge in [0.15, 0.2) is 21.2 Å². The van der Waals surface area contributed by atoms with Crippen molar-refractivity contribution in [3.8, 4) is 17.2 Å². The summed E-state index contributed by atoms with van der Waals surface area (Å²) in [5.74, 6) is 0.228. The third kappa shape index (κ3) is 5.76. The molecular weight excluding hydrogens is 490 g/mol. The van der Waals surface area contributed by atoms with Crippen molar-refractivity contribution < 1.29 is 32.0 Å². The molecule has 12 heteroatoms. The van der Waals surface area contributed by atoms with Crippen LogP contribution in [0.3, 0.4) is 0 Å². The number of rotatable bonds is 5. The number of likely N-dealkylation sites (tertiary alicyclic amines) is 1. The lowest BCUT2D eigenvalue weighted by Gasteiger charge is -2.33. The van der Waals surface area contributed by atoms with Crippen molar-refractivity contribution >= 4 is 32.7 Å². The highest BCUT2D eigenvalue weighted by molar-refractivity contribution is 7.90. The Hall–Kier alpha value is -3.67. The smallest absolute Gasteiger partial charge is 0.410 e. The van der Waals surface area contributed by atoms with E-state index in [1.54, 1.807) is 31.7 Å². The number of carbonyl (C=O) groups excluding carboxylic acids is 1. The number of amides is 1. The second-order valence-electron chi connectivity index (χ2n) is 9.64. The fourth-order valence-electron chi connectivity index (χ4n) is 3.82. The van der Waals surface area contributed by atoms with Gasteiger partial charge in [0.05, 0.1) is 9.82 Å². The minimum absolute atomic E-state index is 0.0993. The molecule has 0 unspecified atom stereocenters. The Morgan fingerprint density at radius 2 is 1.86 bits per heavy atom. The van der Waals surface area contributed by atoms with Crippen LogP contribution in [0.5, 0.6) is 5.75 Å². The summed E-state index contributed by atoms with van der Waals surface area (Å²) >= 11 is 0. The summed E-state index contributed by atoms with van der Waals surface area (Å²) in [5.41, 5.74) is 0.203. The predicted molar refractivity (Wildman–Crippen MR) is 131 cm³/mol. The van der Waals surface area contributed by atoms with E-state index in [4.69, 9.17) is 13.9 Å². The molecule has 1 aliphatic heterocycles. The van der Waals surface area contributed by atoms with Gasteiger partial charge in [0.25, 0.3) is 0 Å². The number of aromatic nitrogens is 1.